The second-order valence-electron chi connectivity index (χ2n) is 6.40. The Morgan fingerprint density at radius 2 is 2.00 bits per heavy atom. The lowest BCUT2D eigenvalue weighted by Crippen LogP contribution is -2.40. The van der Waals surface area contributed by atoms with Crippen LogP contribution < -0.4 is 10.5 Å². The molecule has 2 N–H and O–H groups in total. The van der Waals surface area contributed by atoms with Crippen molar-refractivity contribution in [2.75, 3.05) is 19.6 Å². The van der Waals surface area contributed by atoms with Gasteiger partial charge in [0.2, 0.25) is 0 Å². The molecule has 0 aliphatic carbocycles. The fourth-order valence-corrected chi connectivity index (χ4v) is 3.25. The van der Waals surface area contributed by atoms with Gasteiger partial charge >= 0.3 is 0 Å². The molecule has 21 heavy (non-hydrogen) atoms. The third-order valence-corrected chi connectivity index (χ3v) is 4.43. The van der Waals surface area contributed by atoms with Crippen LogP contribution in [0, 0.1) is 5.92 Å². The molecule has 1 fully saturated rings. The van der Waals surface area contributed by atoms with E-state index in [1.807, 2.05) is 0 Å². The summed E-state index contributed by atoms with van der Waals surface area (Å²) in [5.41, 5.74) is 7.38. The first-order valence-electron chi connectivity index (χ1n) is 8.34. The summed E-state index contributed by atoms with van der Waals surface area (Å²) in [5, 5.41) is 0. The quantitative estimate of drug-likeness (QED) is 0.870. The van der Waals surface area contributed by atoms with E-state index in [1.54, 1.807) is 0 Å². The molecule has 0 aromatic heterocycles. The standard InChI is InChI=1S/C18H30N2O/c1-4-15-6-5-11-20(13-15)18(12-19)16-7-9-17(10-8-16)21-14(2)3/h7-10,14-15,18H,4-6,11-13,19H2,1-3H3. The second kappa shape index (κ2) is 7.81. The molecule has 1 aliphatic rings. The van der Waals surface area contributed by atoms with E-state index in [0.717, 1.165) is 11.7 Å². The molecule has 1 aliphatic heterocycles. The number of nitrogens with two attached hydrogens (primary N) is 1. The lowest BCUT2D eigenvalue weighted by atomic mass is 9.93. The molecular weight excluding hydrogens is 260 g/mol. The molecule has 1 aromatic rings. The van der Waals surface area contributed by atoms with E-state index in [0.29, 0.717) is 12.6 Å². The maximum absolute atomic E-state index is 6.07. The Labute approximate surface area is 129 Å². The van der Waals surface area contributed by atoms with Gasteiger partial charge in [0, 0.05) is 19.1 Å². The zero-order chi connectivity index (χ0) is 15.2. The average Bonchev–Trinajstić information content (AvgIpc) is 2.49. The second-order valence-corrected chi connectivity index (χ2v) is 6.40. The first kappa shape index (κ1) is 16.3. The predicted molar refractivity (Wildman–Crippen MR) is 88.6 cm³/mol. The normalized spacial score (nSPS) is 21.5. The fraction of sp³-hybridized carbons (Fsp3) is 0.667. The van der Waals surface area contributed by atoms with E-state index < -0.39 is 0 Å². The Morgan fingerprint density at radius 1 is 1.29 bits per heavy atom. The van der Waals surface area contributed by atoms with Crippen molar-refractivity contribution in [2.24, 2.45) is 11.7 Å². The number of ether oxygens (including phenoxy) is 1. The van der Waals surface area contributed by atoms with Crippen molar-refractivity contribution in [1.29, 1.82) is 0 Å². The van der Waals surface area contributed by atoms with Gasteiger partial charge in [-0.2, -0.15) is 0 Å². The van der Waals surface area contributed by atoms with E-state index in [1.165, 1.54) is 37.9 Å². The lowest BCUT2D eigenvalue weighted by molar-refractivity contribution is 0.124. The molecule has 0 amide bonds. The molecule has 1 heterocycles. The van der Waals surface area contributed by atoms with Crippen LogP contribution in [0.2, 0.25) is 0 Å². The number of hydrogen-bond donors (Lipinski definition) is 1. The van der Waals surface area contributed by atoms with Gasteiger partial charge in [-0.1, -0.05) is 25.5 Å². The minimum atomic E-state index is 0.216. The number of likely N-dealkylation sites (tertiary alicyclic amines) is 1. The SMILES string of the molecule is CCC1CCCN(C(CN)c2ccc(OC(C)C)cc2)C1. The third-order valence-electron chi connectivity index (χ3n) is 4.43. The number of piperidine rings is 1. The van der Waals surface area contributed by atoms with E-state index in [2.05, 4.69) is 49.9 Å². The largest absolute Gasteiger partial charge is 0.491 e. The molecule has 2 atom stereocenters. The summed E-state index contributed by atoms with van der Waals surface area (Å²) < 4.78 is 5.72. The van der Waals surface area contributed by atoms with E-state index in [9.17, 15) is 0 Å². The van der Waals surface area contributed by atoms with Crippen LogP contribution in [0.15, 0.2) is 24.3 Å². The molecule has 0 saturated carbocycles. The number of hydrogen-bond acceptors (Lipinski definition) is 3. The Bertz CT molecular complexity index is 416. The van der Waals surface area contributed by atoms with Crippen molar-refractivity contribution >= 4 is 0 Å². The summed E-state index contributed by atoms with van der Waals surface area (Å²) >= 11 is 0. The summed E-state index contributed by atoms with van der Waals surface area (Å²) in [5.74, 6) is 1.77. The van der Waals surface area contributed by atoms with Crippen LogP contribution >= 0.6 is 0 Å². The maximum Gasteiger partial charge on any atom is 0.119 e. The molecule has 2 rings (SSSR count). The van der Waals surface area contributed by atoms with E-state index in [-0.39, 0.29) is 6.10 Å². The molecule has 3 heteroatoms. The van der Waals surface area contributed by atoms with E-state index >= 15 is 0 Å². The Morgan fingerprint density at radius 3 is 2.57 bits per heavy atom. The minimum absolute atomic E-state index is 0.216. The smallest absolute Gasteiger partial charge is 0.119 e. The monoisotopic (exact) mass is 290 g/mol. The number of benzene rings is 1. The molecule has 118 valence electrons. The highest BCUT2D eigenvalue weighted by atomic mass is 16.5. The van der Waals surface area contributed by atoms with Gasteiger partial charge < -0.3 is 10.5 Å². The lowest BCUT2D eigenvalue weighted by Gasteiger charge is -2.38. The van der Waals surface area contributed by atoms with E-state index in [4.69, 9.17) is 10.5 Å². The highest BCUT2D eigenvalue weighted by molar-refractivity contribution is 5.29. The summed E-state index contributed by atoms with van der Waals surface area (Å²) in [7, 11) is 0. The van der Waals surface area contributed by atoms with Gasteiger partial charge in [0.25, 0.3) is 0 Å². The molecule has 0 radical (unpaired) electrons. The third kappa shape index (κ3) is 4.45. The topological polar surface area (TPSA) is 38.5 Å². The van der Waals surface area contributed by atoms with Gasteiger partial charge in [-0.25, -0.2) is 0 Å². The van der Waals surface area contributed by atoms with Crippen molar-refractivity contribution < 1.29 is 4.74 Å². The number of nitrogens with zero attached hydrogens (tertiary/aromatic N) is 1. The van der Waals surface area contributed by atoms with Gasteiger partial charge in [0.05, 0.1) is 6.10 Å². The highest BCUT2D eigenvalue weighted by Crippen LogP contribution is 2.28. The first-order chi connectivity index (χ1) is 10.1. The van der Waals surface area contributed by atoms with Gasteiger partial charge in [-0.05, 0) is 56.8 Å². The molecule has 0 bridgehead atoms. The van der Waals surface area contributed by atoms with Gasteiger partial charge in [-0.3, -0.25) is 4.90 Å². The Hall–Kier alpha value is -1.06. The number of rotatable bonds is 6. The molecule has 2 unspecified atom stereocenters. The van der Waals surface area contributed by atoms with Crippen molar-refractivity contribution in [3.05, 3.63) is 29.8 Å². The Balaban J connectivity index is 2.06. The van der Waals surface area contributed by atoms with Crippen molar-refractivity contribution in [3.8, 4) is 5.75 Å². The molecule has 3 nitrogen and oxygen atoms in total. The summed E-state index contributed by atoms with van der Waals surface area (Å²) in [6.07, 6.45) is 4.15. The van der Waals surface area contributed by atoms with Crippen LogP contribution in [0.25, 0.3) is 0 Å². The van der Waals surface area contributed by atoms with Crippen LogP contribution in [-0.4, -0.2) is 30.6 Å². The van der Waals surface area contributed by atoms with Crippen LogP contribution in [0.3, 0.4) is 0 Å². The first-order valence-corrected chi connectivity index (χ1v) is 8.34. The van der Waals surface area contributed by atoms with Crippen LogP contribution in [-0.2, 0) is 0 Å². The van der Waals surface area contributed by atoms with Crippen molar-refractivity contribution in [1.82, 2.24) is 4.90 Å². The molecule has 1 saturated heterocycles. The van der Waals surface area contributed by atoms with Gasteiger partial charge in [-0.15, -0.1) is 0 Å². The van der Waals surface area contributed by atoms with Crippen LogP contribution in [0.5, 0.6) is 5.75 Å². The molecular formula is C18H30N2O. The molecule has 0 spiro atoms. The minimum Gasteiger partial charge on any atom is -0.491 e. The van der Waals surface area contributed by atoms with Crippen molar-refractivity contribution in [2.45, 2.75) is 52.2 Å². The predicted octanol–water partition coefficient (Wildman–Crippen LogP) is 3.60. The van der Waals surface area contributed by atoms with Crippen LogP contribution in [0.1, 0.15) is 51.6 Å². The van der Waals surface area contributed by atoms with Gasteiger partial charge in [0.1, 0.15) is 5.75 Å². The van der Waals surface area contributed by atoms with Crippen molar-refractivity contribution in [3.63, 3.8) is 0 Å². The summed E-state index contributed by atoms with van der Waals surface area (Å²) in [4.78, 5) is 2.57. The van der Waals surface area contributed by atoms with Gasteiger partial charge in [0.15, 0.2) is 0 Å². The average molecular weight is 290 g/mol. The zero-order valence-corrected chi connectivity index (χ0v) is 13.7. The van der Waals surface area contributed by atoms with Crippen LogP contribution in [0.4, 0.5) is 0 Å². The molecule has 1 aromatic carbocycles. The zero-order valence-electron chi connectivity index (χ0n) is 13.7. The summed E-state index contributed by atoms with van der Waals surface area (Å²) in [6, 6.07) is 8.82. The Kier molecular flexibility index (Phi) is 6.07. The summed E-state index contributed by atoms with van der Waals surface area (Å²) in [6.45, 7) is 9.43. The highest BCUT2D eigenvalue weighted by Gasteiger charge is 2.25. The maximum atomic E-state index is 6.07. The fourth-order valence-electron chi connectivity index (χ4n) is 3.25.